The Morgan fingerprint density at radius 1 is 1.05 bits per heavy atom. The van der Waals surface area contributed by atoms with Gasteiger partial charge in [-0.2, -0.15) is 0 Å². The minimum atomic E-state index is -1.75. The van der Waals surface area contributed by atoms with Crippen molar-refractivity contribution in [2.75, 3.05) is 13.1 Å². The van der Waals surface area contributed by atoms with E-state index in [1.54, 1.807) is 0 Å². The predicted octanol–water partition coefficient (Wildman–Crippen LogP) is 4.31. The maximum Gasteiger partial charge on any atom is 0.309 e. The molecule has 0 spiro atoms. The van der Waals surface area contributed by atoms with Gasteiger partial charge in [-0.05, 0) is 70.8 Å². The van der Waals surface area contributed by atoms with Crippen molar-refractivity contribution >= 4 is 11.7 Å². The van der Waals surface area contributed by atoms with Gasteiger partial charge in [0.2, 0.25) is 0 Å². The molecule has 244 valence electrons. The molecule has 3 heterocycles. The number of nitrogens with zero attached hydrogens (tertiary/aromatic N) is 1. The van der Waals surface area contributed by atoms with Gasteiger partial charge in [-0.25, -0.2) is 0 Å². The highest BCUT2D eigenvalue weighted by atomic mass is 16.6. The van der Waals surface area contributed by atoms with Gasteiger partial charge >= 0.3 is 5.97 Å². The number of rotatable bonds is 4. The third-order valence-corrected chi connectivity index (χ3v) is 10.9. The zero-order chi connectivity index (χ0) is 31.6. The van der Waals surface area contributed by atoms with E-state index in [0.717, 1.165) is 25.8 Å². The Bertz CT molecular complexity index is 908. The van der Waals surface area contributed by atoms with Gasteiger partial charge in [-0.1, -0.05) is 53.6 Å². The summed E-state index contributed by atoms with van der Waals surface area (Å²) in [5.41, 5.74) is -2.29. The molecule has 0 aliphatic carbocycles. The number of nitrogens with one attached hydrogen (secondary N) is 1. The summed E-state index contributed by atoms with van der Waals surface area (Å²) in [6.45, 7) is 20.9. The number of aliphatic hydroxyl groups is 3. The van der Waals surface area contributed by atoms with Crippen molar-refractivity contribution in [2.45, 2.75) is 143 Å². The molecule has 3 aliphatic heterocycles. The first kappa shape index (κ1) is 35.2. The van der Waals surface area contributed by atoms with Crippen LogP contribution in [-0.4, -0.2) is 81.8 Å². The van der Waals surface area contributed by atoms with E-state index in [1.807, 2.05) is 34.6 Å². The smallest absolute Gasteiger partial charge is 0.309 e. The molecule has 1 unspecified atom stereocenters. The monoisotopic (exact) mass is 596 g/mol. The van der Waals surface area contributed by atoms with Gasteiger partial charge in [0.05, 0.1) is 35.5 Å². The topological polar surface area (TPSA) is 130 Å². The van der Waals surface area contributed by atoms with Gasteiger partial charge in [0.15, 0.2) is 0 Å². The van der Waals surface area contributed by atoms with E-state index in [0.29, 0.717) is 31.0 Å². The van der Waals surface area contributed by atoms with Crippen LogP contribution in [0.15, 0.2) is 5.16 Å². The average molecular weight is 597 g/mol. The summed E-state index contributed by atoms with van der Waals surface area (Å²) < 4.78 is 12.6. The Balaban J connectivity index is 2.07. The Labute approximate surface area is 254 Å². The maximum atomic E-state index is 13.8. The lowest BCUT2D eigenvalue weighted by Crippen LogP contribution is -2.57. The molecule has 3 aliphatic rings. The van der Waals surface area contributed by atoms with Crippen LogP contribution < -0.4 is 5.32 Å². The Kier molecular flexibility index (Phi) is 11.9. The molecule has 14 atom stereocenters. The van der Waals surface area contributed by atoms with Crippen LogP contribution in [0, 0.1) is 41.4 Å². The van der Waals surface area contributed by atoms with E-state index in [9.17, 15) is 20.1 Å². The van der Waals surface area contributed by atoms with Crippen LogP contribution in [-0.2, 0) is 19.1 Å². The zero-order valence-corrected chi connectivity index (χ0v) is 27.8. The van der Waals surface area contributed by atoms with Crippen LogP contribution in [0.3, 0.4) is 0 Å². The fraction of sp³-hybridized carbons (Fsp3) is 0.939. The fourth-order valence-corrected chi connectivity index (χ4v) is 8.00. The fourth-order valence-electron chi connectivity index (χ4n) is 8.00. The second-order valence-electron chi connectivity index (χ2n) is 14.6. The van der Waals surface area contributed by atoms with Crippen LogP contribution in [0.4, 0.5) is 0 Å². The third-order valence-electron chi connectivity index (χ3n) is 10.9. The van der Waals surface area contributed by atoms with E-state index in [4.69, 9.17) is 14.3 Å². The van der Waals surface area contributed by atoms with Crippen molar-refractivity contribution in [1.82, 2.24) is 5.32 Å². The summed E-state index contributed by atoms with van der Waals surface area (Å²) in [6, 6.07) is 0. The van der Waals surface area contributed by atoms with Gasteiger partial charge in [0.25, 0.3) is 0 Å². The van der Waals surface area contributed by atoms with Gasteiger partial charge in [-0.15, -0.1) is 0 Å². The van der Waals surface area contributed by atoms with Crippen LogP contribution in [0.5, 0.6) is 0 Å². The molecule has 0 aromatic heterocycles. The zero-order valence-electron chi connectivity index (χ0n) is 27.8. The maximum absolute atomic E-state index is 13.8. The van der Waals surface area contributed by atoms with Crippen LogP contribution in [0.2, 0.25) is 0 Å². The summed E-state index contributed by atoms with van der Waals surface area (Å²) in [5, 5.41) is 43.2. The minimum Gasteiger partial charge on any atom is -0.459 e. The highest BCUT2D eigenvalue weighted by molar-refractivity contribution is 5.88. The number of oxime groups is 1. The highest BCUT2D eigenvalue weighted by Gasteiger charge is 2.50. The molecular formula is C33H60N2O7. The molecule has 0 bridgehead atoms. The van der Waals surface area contributed by atoms with E-state index in [1.165, 1.54) is 6.92 Å². The number of hydrogen-bond donors (Lipinski definition) is 4. The van der Waals surface area contributed by atoms with Crippen molar-refractivity contribution < 1.29 is 34.4 Å². The highest BCUT2D eigenvalue weighted by Crippen LogP contribution is 2.44. The van der Waals surface area contributed by atoms with E-state index in [2.05, 4.69) is 38.2 Å². The summed E-state index contributed by atoms with van der Waals surface area (Å²) in [4.78, 5) is 19.8. The second kappa shape index (κ2) is 14.2. The molecule has 4 N–H and O–H groups in total. The molecule has 0 aromatic carbocycles. The number of hydrogen-bond acceptors (Lipinski definition) is 9. The average Bonchev–Trinajstić information content (AvgIpc) is 3.42. The molecule has 0 saturated carbocycles. The Hall–Kier alpha value is -1.26. The Morgan fingerprint density at radius 3 is 2.29 bits per heavy atom. The summed E-state index contributed by atoms with van der Waals surface area (Å²) >= 11 is 0. The number of carbonyl (C=O) groups excluding carboxylic acids is 1. The van der Waals surface area contributed by atoms with Crippen LogP contribution in [0.1, 0.15) is 101 Å². The molecule has 0 amide bonds. The van der Waals surface area contributed by atoms with Crippen molar-refractivity contribution in [3.63, 3.8) is 0 Å². The molecule has 9 nitrogen and oxygen atoms in total. The summed E-state index contributed by atoms with van der Waals surface area (Å²) in [7, 11) is 0. The SMILES string of the molecule is CC[C@H]1OC(=O)[C@H](C)[C@@H](C2C[C@H](C)C[C@H](C)O2)[C@H](C)[C@@H](C)[C@](C)(O)C[C@@H](C)/C(=N\O[C@@H]2CCNC2)[C@H](C)[C@@H](O)[C@]1(C)O. The summed E-state index contributed by atoms with van der Waals surface area (Å²) in [6.07, 6.45) is 0.969. The first-order valence-corrected chi connectivity index (χ1v) is 16.4. The first-order chi connectivity index (χ1) is 19.5. The van der Waals surface area contributed by atoms with Gasteiger partial charge < -0.3 is 34.9 Å². The van der Waals surface area contributed by atoms with E-state index < -0.39 is 41.2 Å². The van der Waals surface area contributed by atoms with Gasteiger partial charge in [-0.3, -0.25) is 4.79 Å². The van der Waals surface area contributed by atoms with Gasteiger partial charge in [0.1, 0.15) is 17.8 Å². The lowest BCUT2D eigenvalue weighted by atomic mass is 9.65. The normalized spacial score (nSPS) is 49.4. The van der Waals surface area contributed by atoms with Gasteiger partial charge in [0, 0.05) is 30.7 Å². The number of ether oxygens (including phenoxy) is 2. The lowest BCUT2D eigenvalue weighted by molar-refractivity contribution is -0.193. The Morgan fingerprint density at radius 2 is 1.71 bits per heavy atom. The molecule has 42 heavy (non-hydrogen) atoms. The molecule has 0 aromatic rings. The van der Waals surface area contributed by atoms with Crippen molar-refractivity contribution in [3.8, 4) is 0 Å². The van der Waals surface area contributed by atoms with Crippen molar-refractivity contribution in [3.05, 3.63) is 0 Å². The number of aliphatic hydroxyl groups excluding tert-OH is 1. The number of esters is 1. The lowest BCUT2D eigenvalue weighted by Gasteiger charge is -2.47. The largest absolute Gasteiger partial charge is 0.459 e. The van der Waals surface area contributed by atoms with Crippen molar-refractivity contribution in [2.24, 2.45) is 46.6 Å². The quantitative estimate of drug-likeness (QED) is 0.279. The molecule has 0 radical (unpaired) electrons. The molecule has 3 saturated heterocycles. The minimum absolute atomic E-state index is 0.0750. The van der Waals surface area contributed by atoms with Crippen LogP contribution in [0.25, 0.3) is 0 Å². The predicted molar refractivity (Wildman–Crippen MR) is 164 cm³/mol. The van der Waals surface area contributed by atoms with E-state index in [-0.39, 0.29) is 42.0 Å². The summed E-state index contributed by atoms with van der Waals surface area (Å²) in [5.74, 6) is -1.85. The number of carbonyl (C=O) groups is 1. The first-order valence-electron chi connectivity index (χ1n) is 16.4. The number of cyclic esters (lactones) is 1. The third kappa shape index (κ3) is 7.87. The molecule has 3 rings (SSSR count). The molecule has 9 heteroatoms. The second-order valence-corrected chi connectivity index (χ2v) is 14.6. The van der Waals surface area contributed by atoms with Crippen LogP contribution >= 0.6 is 0 Å². The molecular weight excluding hydrogens is 536 g/mol. The van der Waals surface area contributed by atoms with Crippen molar-refractivity contribution in [1.29, 1.82) is 0 Å². The van der Waals surface area contributed by atoms with E-state index >= 15 is 0 Å². The standard InChI is InChI=1S/C33H60N2O7/c1-11-27-33(10,39)30(36)23(7)29(35-42-25-12-13-34-17-25)19(3)16-32(9,38)24(8)21(5)28(22(6)31(37)41-27)26-15-18(2)14-20(4)40-26/h18-28,30,34,36,38-39H,11-17H2,1-10H3/b35-29+/t18-,19-,20+,21-,22-,23+,24-,25-,26?,27-,28+,30-,32-,33-/m1/s1. The molecule has 3 fully saturated rings.